The molecule has 2 aromatic carbocycles. The van der Waals surface area contributed by atoms with Crippen LogP contribution in [0.3, 0.4) is 0 Å². The summed E-state index contributed by atoms with van der Waals surface area (Å²) in [6.45, 7) is 5.69. The van der Waals surface area contributed by atoms with Gasteiger partial charge in [0, 0.05) is 16.6 Å². The Hall–Kier alpha value is -1.51. The minimum Gasteiger partial charge on any atom is -0.489 e. The molecule has 0 aliphatic carbocycles. The molecule has 0 radical (unpaired) electrons. The van der Waals surface area contributed by atoms with E-state index in [1.807, 2.05) is 36.4 Å². The monoisotopic (exact) mass is 289 g/mol. The third-order valence-corrected chi connectivity index (χ3v) is 3.59. The molecular weight excluding hydrogens is 270 g/mol. The average Bonchev–Trinajstić information content (AvgIpc) is 2.47. The first-order valence-electron chi connectivity index (χ1n) is 6.90. The molecule has 0 aromatic heterocycles. The van der Waals surface area contributed by atoms with Crippen molar-refractivity contribution in [3.05, 3.63) is 64.7 Å². The van der Waals surface area contributed by atoms with Gasteiger partial charge in [0.05, 0.1) is 0 Å². The highest BCUT2D eigenvalue weighted by Gasteiger charge is 2.05. The first kappa shape index (κ1) is 14.9. The van der Waals surface area contributed by atoms with Crippen molar-refractivity contribution in [1.82, 2.24) is 5.32 Å². The fourth-order valence-corrected chi connectivity index (χ4v) is 2.26. The Morgan fingerprint density at radius 2 is 1.95 bits per heavy atom. The lowest BCUT2D eigenvalue weighted by Crippen LogP contribution is -2.17. The van der Waals surface area contributed by atoms with Crippen molar-refractivity contribution in [3.63, 3.8) is 0 Å². The smallest absolute Gasteiger partial charge is 0.120 e. The van der Waals surface area contributed by atoms with Gasteiger partial charge in [-0.05, 0) is 37.2 Å². The molecule has 0 fully saturated rings. The Morgan fingerprint density at radius 1 is 1.15 bits per heavy atom. The fourth-order valence-electron chi connectivity index (χ4n) is 2.07. The summed E-state index contributed by atoms with van der Waals surface area (Å²) in [5.74, 6) is 0.868. The Balaban J connectivity index is 2.03. The van der Waals surface area contributed by atoms with Crippen LogP contribution in [0.5, 0.6) is 5.75 Å². The van der Waals surface area contributed by atoms with Gasteiger partial charge in [-0.25, -0.2) is 0 Å². The molecule has 106 valence electrons. The van der Waals surface area contributed by atoms with Gasteiger partial charge in [0.25, 0.3) is 0 Å². The van der Waals surface area contributed by atoms with Crippen LogP contribution in [0, 0.1) is 0 Å². The standard InChI is InChI=1S/C17H20ClNO/c1-3-19-13(2)14-8-6-9-16(11-14)20-12-15-7-4-5-10-17(15)18/h4-11,13,19H,3,12H2,1-2H3. The Labute approximate surface area is 125 Å². The zero-order valence-electron chi connectivity index (χ0n) is 11.9. The highest BCUT2D eigenvalue weighted by atomic mass is 35.5. The summed E-state index contributed by atoms with van der Waals surface area (Å²) >= 11 is 6.12. The van der Waals surface area contributed by atoms with Crippen molar-refractivity contribution < 1.29 is 4.74 Å². The van der Waals surface area contributed by atoms with Crippen molar-refractivity contribution in [2.45, 2.75) is 26.5 Å². The number of hydrogen-bond donors (Lipinski definition) is 1. The van der Waals surface area contributed by atoms with Crippen molar-refractivity contribution in [2.24, 2.45) is 0 Å². The van der Waals surface area contributed by atoms with E-state index in [0.717, 1.165) is 22.9 Å². The maximum atomic E-state index is 6.12. The topological polar surface area (TPSA) is 21.3 Å². The molecule has 0 aliphatic heterocycles. The lowest BCUT2D eigenvalue weighted by atomic mass is 10.1. The second-order valence-corrected chi connectivity index (χ2v) is 5.14. The van der Waals surface area contributed by atoms with Crippen LogP contribution in [0.25, 0.3) is 0 Å². The van der Waals surface area contributed by atoms with Crippen molar-refractivity contribution >= 4 is 11.6 Å². The number of rotatable bonds is 6. The van der Waals surface area contributed by atoms with E-state index >= 15 is 0 Å². The average molecular weight is 290 g/mol. The maximum Gasteiger partial charge on any atom is 0.120 e. The van der Waals surface area contributed by atoms with Gasteiger partial charge < -0.3 is 10.1 Å². The van der Waals surface area contributed by atoms with Gasteiger partial charge in [-0.1, -0.05) is 48.9 Å². The third kappa shape index (κ3) is 3.99. The minimum absolute atomic E-state index is 0.323. The van der Waals surface area contributed by atoms with E-state index in [1.54, 1.807) is 0 Å². The summed E-state index contributed by atoms with van der Waals surface area (Å²) in [5, 5.41) is 4.14. The van der Waals surface area contributed by atoms with Crippen LogP contribution in [-0.2, 0) is 6.61 Å². The highest BCUT2D eigenvalue weighted by molar-refractivity contribution is 6.31. The van der Waals surface area contributed by atoms with Crippen LogP contribution in [0.15, 0.2) is 48.5 Å². The lowest BCUT2D eigenvalue weighted by molar-refractivity contribution is 0.305. The Morgan fingerprint density at radius 3 is 2.70 bits per heavy atom. The number of halogens is 1. The summed E-state index contributed by atoms with van der Waals surface area (Å²) in [6, 6.07) is 16.2. The minimum atomic E-state index is 0.323. The third-order valence-electron chi connectivity index (χ3n) is 3.22. The number of nitrogens with one attached hydrogen (secondary N) is 1. The van der Waals surface area contributed by atoms with E-state index in [4.69, 9.17) is 16.3 Å². The molecule has 1 atom stereocenters. The molecule has 3 heteroatoms. The van der Waals surface area contributed by atoms with Crippen LogP contribution < -0.4 is 10.1 Å². The molecule has 2 aromatic rings. The van der Waals surface area contributed by atoms with Gasteiger partial charge in [-0.2, -0.15) is 0 Å². The summed E-state index contributed by atoms with van der Waals surface area (Å²) in [5.41, 5.74) is 2.22. The number of ether oxygens (including phenoxy) is 1. The number of benzene rings is 2. The van der Waals surface area contributed by atoms with Gasteiger partial charge in [0.1, 0.15) is 12.4 Å². The SMILES string of the molecule is CCNC(C)c1cccc(OCc2ccccc2Cl)c1. The fraction of sp³-hybridized carbons (Fsp3) is 0.294. The molecule has 1 N–H and O–H groups in total. The quantitative estimate of drug-likeness (QED) is 0.840. The van der Waals surface area contributed by atoms with E-state index in [0.29, 0.717) is 12.6 Å². The van der Waals surface area contributed by atoms with Crippen molar-refractivity contribution in [1.29, 1.82) is 0 Å². The molecule has 1 unspecified atom stereocenters. The molecule has 0 amide bonds. The van der Waals surface area contributed by atoms with Crippen molar-refractivity contribution in [2.75, 3.05) is 6.54 Å². The molecule has 20 heavy (non-hydrogen) atoms. The second-order valence-electron chi connectivity index (χ2n) is 4.73. The summed E-state index contributed by atoms with van der Waals surface area (Å²) < 4.78 is 5.83. The van der Waals surface area contributed by atoms with Crippen molar-refractivity contribution in [3.8, 4) is 5.75 Å². The molecular formula is C17H20ClNO. The van der Waals surface area contributed by atoms with Gasteiger partial charge in [0.15, 0.2) is 0 Å². The van der Waals surface area contributed by atoms with Crippen LogP contribution >= 0.6 is 11.6 Å². The van der Waals surface area contributed by atoms with Crippen LogP contribution in [0.4, 0.5) is 0 Å². The van der Waals surface area contributed by atoms with Crippen LogP contribution in [-0.4, -0.2) is 6.54 Å². The van der Waals surface area contributed by atoms with E-state index in [-0.39, 0.29) is 0 Å². The molecule has 0 aliphatic rings. The van der Waals surface area contributed by atoms with E-state index < -0.39 is 0 Å². The van der Waals surface area contributed by atoms with E-state index in [2.05, 4.69) is 31.3 Å². The van der Waals surface area contributed by atoms with Gasteiger partial charge in [0.2, 0.25) is 0 Å². The summed E-state index contributed by atoms with van der Waals surface area (Å²) in [7, 11) is 0. The maximum absolute atomic E-state index is 6.12. The Kier molecular flexibility index (Phi) is 5.45. The highest BCUT2D eigenvalue weighted by Crippen LogP contribution is 2.21. The predicted molar refractivity (Wildman–Crippen MR) is 84.3 cm³/mol. The molecule has 0 saturated heterocycles. The molecule has 0 bridgehead atoms. The molecule has 2 rings (SSSR count). The molecule has 2 nitrogen and oxygen atoms in total. The lowest BCUT2D eigenvalue weighted by Gasteiger charge is -2.14. The largest absolute Gasteiger partial charge is 0.489 e. The van der Waals surface area contributed by atoms with Crippen LogP contribution in [0.1, 0.15) is 31.0 Å². The molecule has 0 spiro atoms. The molecule has 0 heterocycles. The normalized spacial score (nSPS) is 12.2. The zero-order valence-corrected chi connectivity index (χ0v) is 12.7. The van der Waals surface area contributed by atoms with Gasteiger partial charge >= 0.3 is 0 Å². The summed E-state index contributed by atoms with van der Waals surface area (Å²) in [6.07, 6.45) is 0. The first-order chi connectivity index (χ1) is 9.70. The van der Waals surface area contributed by atoms with Crippen LogP contribution in [0.2, 0.25) is 5.02 Å². The first-order valence-corrected chi connectivity index (χ1v) is 7.28. The molecule has 0 saturated carbocycles. The van der Waals surface area contributed by atoms with Gasteiger partial charge in [-0.3, -0.25) is 0 Å². The summed E-state index contributed by atoms with van der Waals surface area (Å²) in [4.78, 5) is 0. The second kappa shape index (κ2) is 7.32. The Bertz CT molecular complexity index is 556. The zero-order chi connectivity index (χ0) is 14.4. The van der Waals surface area contributed by atoms with Gasteiger partial charge in [-0.15, -0.1) is 0 Å². The predicted octanol–water partition coefficient (Wildman–Crippen LogP) is 4.59. The number of hydrogen-bond acceptors (Lipinski definition) is 2. The van der Waals surface area contributed by atoms with E-state index in [9.17, 15) is 0 Å². The van der Waals surface area contributed by atoms with E-state index in [1.165, 1.54) is 5.56 Å².